The van der Waals surface area contributed by atoms with Crippen LogP contribution < -0.4 is 4.90 Å². The van der Waals surface area contributed by atoms with Crippen molar-refractivity contribution in [2.75, 3.05) is 4.90 Å². The maximum absolute atomic E-state index is 13.4. The quantitative estimate of drug-likeness (QED) is 0.400. The lowest BCUT2D eigenvalue weighted by Gasteiger charge is -2.34. The molecule has 0 aromatic heterocycles. The van der Waals surface area contributed by atoms with Crippen LogP contribution >= 0.6 is 0 Å². The van der Waals surface area contributed by atoms with E-state index in [4.69, 9.17) is 0 Å². The summed E-state index contributed by atoms with van der Waals surface area (Å²) >= 11 is 0. The molecule has 0 N–H and O–H groups in total. The van der Waals surface area contributed by atoms with Crippen LogP contribution in [0.5, 0.6) is 0 Å². The Morgan fingerprint density at radius 2 is 1.12 bits per heavy atom. The fraction of sp³-hybridized carbons (Fsp3) is 0.394. The number of fused-ring (bicyclic) bond motifs is 10. The van der Waals surface area contributed by atoms with E-state index < -0.39 is 9.84 Å². The maximum Gasteiger partial charge on any atom is 0.238 e. The predicted octanol–water partition coefficient (Wildman–Crippen LogP) is 3.97. The van der Waals surface area contributed by atoms with Gasteiger partial charge in [0, 0.05) is 24.2 Å². The Balaban J connectivity index is 0.979. The van der Waals surface area contributed by atoms with Crippen LogP contribution in [0.2, 0.25) is 0 Å². The van der Waals surface area contributed by atoms with Gasteiger partial charge >= 0.3 is 0 Å². The van der Waals surface area contributed by atoms with Crippen molar-refractivity contribution in [3.8, 4) is 0 Å². The number of allylic oxidation sites excluding steroid dienone is 4. The zero-order chi connectivity index (χ0) is 28.2. The maximum atomic E-state index is 13.4. The Labute approximate surface area is 238 Å². The van der Waals surface area contributed by atoms with Crippen LogP contribution in [0.25, 0.3) is 0 Å². The van der Waals surface area contributed by atoms with Gasteiger partial charge in [-0.15, -0.1) is 0 Å². The number of anilines is 1. The van der Waals surface area contributed by atoms with Crippen LogP contribution in [0.4, 0.5) is 5.69 Å². The lowest BCUT2D eigenvalue weighted by molar-refractivity contribution is -0.142. The van der Waals surface area contributed by atoms with Gasteiger partial charge in [-0.25, -0.2) is 8.42 Å². The fourth-order valence-corrected chi connectivity index (χ4v) is 9.99. The monoisotopic (exact) mass is 567 g/mol. The minimum atomic E-state index is -3.84. The van der Waals surface area contributed by atoms with Crippen molar-refractivity contribution in [2.24, 2.45) is 53.3 Å². The van der Waals surface area contributed by atoms with E-state index in [9.17, 15) is 27.6 Å². The largest absolute Gasteiger partial charge is 0.299 e. The first kappa shape index (κ1) is 25.1. The first-order valence-corrected chi connectivity index (χ1v) is 16.0. The van der Waals surface area contributed by atoms with Crippen molar-refractivity contribution in [3.05, 3.63) is 78.4 Å². The third kappa shape index (κ3) is 3.52. The van der Waals surface area contributed by atoms with Gasteiger partial charge in [-0.3, -0.25) is 24.1 Å². The number of imide groups is 1. The van der Waals surface area contributed by atoms with Crippen LogP contribution in [0.3, 0.4) is 0 Å². The van der Waals surface area contributed by atoms with Gasteiger partial charge in [0.15, 0.2) is 0 Å². The summed E-state index contributed by atoms with van der Waals surface area (Å²) in [5, 5.41) is 0. The zero-order valence-electron chi connectivity index (χ0n) is 22.3. The normalized spacial score (nSPS) is 36.5. The van der Waals surface area contributed by atoms with E-state index in [2.05, 4.69) is 12.2 Å². The van der Waals surface area contributed by atoms with E-state index in [1.54, 1.807) is 12.1 Å². The molecular formula is C33H29NO6S. The summed E-state index contributed by atoms with van der Waals surface area (Å²) in [7, 11) is -3.84. The molecular weight excluding hydrogens is 538 g/mol. The Bertz CT molecular complexity index is 1660. The van der Waals surface area contributed by atoms with E-state index in [1.165, 1.54) is 41.3 Å². The van der Waals surface area contributed by atoms with Crippen LogP contribution in [0, 0.1) is 53.3 Å². The van der Waals surface area contributed by atoms with Gasteiger partial charge in [-0.1, -0.05) is 36.4 Å². The average Bonchev–Trinajstić information content (AvgIpc) is 3.80. The Morgan fingerprint density at radius 1 is 0.634 bits per heavy atom. The highest BCUT2D eigenvalue weighted by molar-refractivity contribution is 7.91. The SMILES string of the molecule is O=C1C[C@H](Cc2ccc(S(=O)(=O)c3ccc(N4C(=O)C5C6C=CC(C6)C5C4=O)cc3)cc2)C(=O)C2C3C=CC(C3)C12. The molecule has 0 radical (unpaired) electrons. The summed E-state index contributed by atoms with van der Waals surface area (Å²) < 4.78 is 26.8. The van der Waals surface area contributed by atoms with Crippen molar-refractivity contribution < 1.29 is 27.6 Å². The third-order valence-corrected chi connectivity index (χ3v) is 12.4. The number of nitrogens with zero attached hydrogens (tertiary/aromatic N) is 1. The molecule has 208 valence electrons. The van der Waals surface area contributed by atoms with Gasteiger partial charge < -0.3 is 0 Å². The number of rotatable bonds is 5. The van der Waals surface area contributed by atoms with Crippen molar-refractivity contribution >= 4 is 38.9 Å². The van der Waals surface area contributed by atoms with Gasteiger partial charge in [0.25, 0.3) is 0 Å². The molecule has 1 saturated heterocycles. The van der Waals surface area contributed by atoms with Gasteiger partial charge in [0.05, 0.1) is 27.3 Å². The molecule has 2 aromatic rings. The molecule has 8 unspecified atom stereocenters. The lowest BCUT2D eigenvalue weighted by Crippen LogP contribution is -2.43. The number of carbonyl (C=O) groups is 4. The van der Waals surface area contributed by atoms with Gasteiger partial charge in [-0.2, -0.15) is 0 Å². The summed E-state index contributed by atoms with van der Waals surface area (Å²) in [5.74, 6) is -0.778. The molecule has 8 heteroatoms. The molecule has 9 atom stereocenters. The molecule has 2 amide bonds. The highest BCUT2D eigenvalue weighted by Crippen LogP contribution is 2.54. The number of benzene rings is 2. The third-order valence-electron chi connectivity index (χ3n) is 10.6. The van der Waals surface area contributed by atoms with Crippen LogP contribution in [-0.2, 0) is 35.4 Å². The van der Waals surface area contributed by atoms with Gasteiger partial charge in [-0.05, 0) is 84.9 Å². The van der Waals surface area contributed by atoms with E-state index in [1.807, 2.05) is 12.2 Å². The Morgan fingerprint density at radius 3 is 1.68 bits per heavy atom. The first-order valence-electron chi connectivity index (χ1n) is 14.5. The van der Waals surface area contributed by atoms with Gasteiger partial charge in [0.1, 0.15) is 11.6 Å². The van der Waals surface area contributed by atoms with Crippen molar-refractivity contribution in [3.63, 3.8) is 0 Å². The molecule has 0 spiro atoms. The number of sulfone groups is 1. The van der Waals surface area contributed by atoms with E-state index in [-0.39, 0.29) is 92.9 Å². The summed E-state index contributed by atoms with van der Waals surface area (Å²) in [4.78, 5) is 53.8. The number of Topliss-reactive ketones (excluding diaryl/α,β-unsaturated/α-hetero) is 2. The summed E-state index contributed by atoms with van der Waals surface area (Å²) in [6, 6.07) is 12.4. The molecule has 4 bridgehead atoms. The molecule has 1 aliphatic heterocycles. The number of hydrogen-bond acceptors (Lipinski definition) is 6. The summed E-state index contributed by atoms with van der Waals surface area (Å²) in [5.41, 5.74) is 1.21. The minimum Gasteiger partial charge on any atom is -0.299 e. The molecule has 2 aromatic carbocycles. The van der Waals surface area contributed by atoms with E-state index in [0.717, 1.165) is 18.4 Å². The number of hydrogen-bond donors (Lipinski definition) is 0. The molecule has 3 saturated carbocycles. The Kier molecular flexibility index (Phi) is 5.31. The highest BCUT2D eigenvalue weighted by Gasteiger charge is 2.59. The second-order valence-corrected chi connectivity index (χ2v) is 14.6. The van der Waals surface area contributed by atoms with E-state index in [0.29, 0.717) is 12.1 Å². The van der Waals surface area contributed by atoms with E-state index >= 15 is 0 Å². The fourth-order valence-electron chi connectivity index (χ4n) is 8.73. The Hall–Kier alpha value is -3.65. The van der Waals surface area contributed by atoms with Crippen LogP contribution in [-0.4, -0.2) is 31.8 Å². The number of carbonyl (C=O) groups excluding carboxylic acids is 4. The summed E-state index contributed by atoms with van der Waals surface area (Å²) in [6.07, 6.45) is 10.7. The number of ketones is 2. The van der Waals surface area contributed by atoms with Crippen molar-refractivity contribution in [1.29, 1.82) is 0 Å². The van der Waals surface area contributed by atoms with Crippen LogP contribution in [0.1, 0.15) is 24.8 Å². The standard InChI is InChI=1S/C33H29NO6S/c35-26-16-22(31(36)28-19-4-3-18(14-19)27(26)28)13-17-1-9-24(10-2-17)41(39,40)25-11-7-23(8-12-25)34-32(37)29-20-5-6-21(15-20)30(29)33(34)38/h1-12,18-22,27-30H,13-16H2/t18?,19?,20?,21?,22-,27?,28?,29?,30?/m0/s1. The smallest absolute Gasteiger partial charge is 0.238 e. The van der Waals surface area contributed by atoms with Crippen LogP contribution in [0.15, 0.2) is 82.6 Å². The minimum absolute atomic E-state index is 0.0680. The lowest BCUT2D eigenvalue weighted by atomic mass is 9.67. The highest BCUT2D eigenvalue weighted by atomic mass is 32.2. The molecule has 7 nitrogen and oxygen atoms in total. The van der Waals surface area contributed by atoms with Crippen molar-refractivity contribution in [1.82, 2.24) is 0 Å². The first-order chi connectivity index (χ1) is 19.7. The average molecular weight is 568 g/mol. The van der Waals surface area contributed by atoms with Crippen molar-refractivity contribution in [2.45, 2.75) is 35.5 Å². The molecule has 4 fully saturated rings. The number of amides is 2. The van der Waals surface area contributed by atoms with Gasteiger partial charge in [0.2, 0.25) is 21.7 Å². The predicted molar refractivity (Wildman–Crippen MR) is 148 cm³/mol. The summed E-state index contributed by atoms with van der Waals surface area (Å²) in [6.45, 7) is 0. The molecule has 1 heterocycles. The molecule has 5 aliphatic carbocycles. The second kappa shape index (κ2) is 8.68. The molecule has 6 aliphatic rings. The molecule has 41 heavy (non-hydrogen) atoms. The zero-order valence-corrected chi connectivity index (χ0v) is 23.1. The molecule has 8 rings (SSSR count). The topological polar surface area (TPSA) is 106 Å². The second-order valence-electron chi connectivity index (χ2n) is 12.6.